The molecule has 1 N–H and O–H groups in total. The van der Waals surface area contributed by atoms with Crippen molar-refractivity contribution in [2.24, 2.45) is 0 Å². The number of hydrogen-bond donors (Lipinski definition) is 1. The van der Waals surface area contributed by atoms with Crippen molar-refractivity contribution < 1.29 is 18.1 Å². The van der Waals surface area contributed by atoms with Crippen LogP contribution in [0.1, 0.15) is 10.4 Å². The van der Waals surface area contributed by atoms with Gasteiger partial charge in [-0.15, -0.1) is 0 Å². The van der Waals surface area contributed by atoms with Gasteiger partial charge in [0.2, 0.25) is 0 Å². The van der Waals surface area contributed by atoms with Gasteiger partial charge in [0, 0.05) is 21.5 Å². The van der Waals surface area contributed by atoms with Crippen molar-refractivity contribution in [3.05, 3.63) is 88.5 Å². The van der Waals surface area contributed by atoms with E-state index in [0.717, 1.165) is 0 Å². The van der Waals surface area contributed by atoms with Gasteiger partial charge < -0.3 is 0 Å². The van der Waals surface area contributed by atoms with Crippen molar-refractivity contribution >= 4 is 39.4 Å². The minimum Gasteiger partial charge on any atom is -0.298 e. The summed E-state index contributed by atoms with van der Waals surface area (Å²) >= 11 is 1.26. The predicted molar refractivity (Wildman–Crippen MR) is 106 cm³/mol. The number of nitro groups is 1. The number of nitrogens with one attached hydrogen (secondary N) is 1. The number of anilines is 1. The summed E-state index contributed by atoms with van der Waals surface area (Å²) in [5, 5.41) is 10.9. The quantitative estimate of drug-likeness (QED) is 0.350. The van der Waals surface area contributed by atoms with Crippen LogP contribution in [-0.2, 0) is 10.0 Å². The fourth-order valence-corrected chi connectivity index (χ4v) is 4.43. The van der Waals surface area contributed by atoms with Crippen LogP contribution >= 0.6 is 11.8 Å². The molecular weight excluding hydrogens is 400 g/mol. The normalized spacial score (nSPS) is 11.0. The lowest BCUT2D eigenvalue weighted by Crippen LogP contribution is -2.12. The lowest BCUT2D eigenvalue weighted by atomic mass is 10.2. The van der Waals surface area contributed by atoms with Crippen molar-refractivity contribution in [2.75, 3.05) is 4.72 Å². The summed E-state index contributed by atoms with van der Waals surface area (Å²) in [6.07, 6.45) is 0.437. The SMILES string of the molecule is O=Cc1cc(Sc2cccc(NS(=O)(=O)c3ccccc3)c2)ccc1[N+](=O)[O-]. The van der Waals surface area contributed by atoms with E-state index in [0.29, 0.717) is 21.8 Å². The second-order valence-electron chi connectivity index (χ2n) is 5.64. The summed E-state index contributed by atoms with van der Waals surface area (Å²) in [4.78, 5) is 22.9. The standard InChI is InChI=1S/C19H14N2O5S2/c22-13-14-11-17(9-10-19(14)21(23)24)27-16-6-4-5-15(12-16)20-28(25,26)18-7-2-1-3-8-18/h1-13,20H. The average Bonchev–Trinajstić information content (AvgIpc) is 2.68. The van der Waals surface area contributed by atoms with Crippen LogP contribution in [0.2, 0.25) is 0 Å². The van der Waals surface area contributed by atoms with E-state index in [4.69, 9.17) is 0 Å². The first-order valence-corrected chi connectivity index (χ1v) is 10.3. The Bertz CT molecular complexity index is 1130. The molecule has 0 heterocycles. The highest BCUT2D eigenvalue weighted by Gasteiger charge is 2.15. The molecule has 0 spiro atoms. The Hall–Kier alpha value is -3.17. The summed E-state index contributed by atoms with van der Waals surface area (Å²) in [7, 11) is -3.71. The van der Waals surface area contributed by atoms with E-state index in [-0.39, 0.29) is 16.1 Å². The van der Waals surface area contributed by atoms with Gasteiger partial charge in [0.15, 0.2) is 6.29 Å². The van der Waals surface area contributed by atoms with Crippen LogP contribution in [0, 0.1) is 10.1 Å². The molecule has 3 rings (SSSR count). The molecule has 0 bridgehead atoms. The molecule has 7 nitrogen and oxygen atoms in total. The van der Waals surface area contributed by atoms with Crippen LogP contribution in [0.5, 0.6) is 0 Å². The second kappa shape index (κ2) is 8.24. The highest BCUT2D eigenvalue weighted by molar-refractivity contribution is 7.99. The van der Waals surface area contributed by atoms with E-state index in [1.165, 1.54) is 42.1 Å². The molecule has 0 radical (unpaired) electrons. The monoisotopic (exact) mass is 414 g/mol. The molecule has 0 aliphatic rings. The Morgan fingerprint density at radius 1 is 0.929 bits per heavy atom. The van der Waals surface area contributed by atoms with Crippen LogP contribution in [-0.4, -0.2) is 19.6 Å². The summed E-state index contributed by atoms with van der Waals surface area (Å²) in [6.45, 7) is 0. The largest absolute Gasteiger partial charge is 0.298 e. The lowest BCUT2D eigenvalue weighted by molar-refractivity contribution is -0.385. The van der Waals surface area contributed by atoms with Crippen LogP contribution in [0.3, 0.4) is 0 Å². The van der Waals surface area contributed by atoms with Gasteiger partial charge in [0.1, 0.15) is 0 Å². The van der Waals surface area contributed by atoms with Crippen molar-refractivity contribution in [1.29, 1.82) is 0 Å². The third-order valence-electron chi connectivity index (χ3n) is 3.70. The third-order valence-corrected chi connectivity index (χ3v) is 6.07. The third kappa shape index (κ3) is 4.56. The van der Waals surface area contributed by atoms with Gasteiger partial charge in [-0.3, -0.25) is 19.6 Å². The Morgan fingerprint density at radius 3 is 2.32 bits per heavy atom. The maximum Gasteiger partial charge on any atom is 0.279 e. The topological polar surface area (TPSA) is 106 Å². The Kier molecular flexibility index (Phi) is 5.76. The molecule has 0 amide bonds. The van der Waals surface area contributed by atoms with Crippen molar-refractivity contribution in [3.8, 4) is 0 Å². The maximum absolute atomic E-state index is 12.4. The number of benzene rings is 3. The number of hydrogen-bond acceptors (Lipinski definition) is 6. The van der Waals surface area contributed by atoms with E-state index in [1.807, 2.05) is 0 Å². The first-order chi connectivity index (χ1) is 13.4. The van der Waals surface area contributed by atoms with E-state index < -0.39 is 14.9 Å². The van der Waals surface area contributed by atoms with Gasteiger partial charge in [0.05, 0.1) is 15.4 Å². The fraction of sp³-hybridized carbons (Fsp3) is 0. The predicted octanol–water partition coefficient (Wildman–Crippen LogP) is 4.36. The Labute approximate surface area is 165 Å². The van der Waals surface area contributed by atoms with Gasteiger partial charge in [-0.1, -0.05) is 36.0 Å². The number of carbonyl (C=O) groups excluding carboxylic acids is 1. The number of sulfonamides is 1. The number of nitrogens with zero attached hydrogens (tertiary/aromatic N) is 1. The van der Waals surface area contributed by atoms with Crippen molar-refractivity contribution in [3.63, 3.8) is 0 Å². The number of aldehydes is 1. The molecule has 0 saturated carbocycles. The molecule has 0 aromatic heterocycles. The van der Waals surface area contributed by atoms with Crippen LogP contribution < -0.4 is 4.72 Å². The molecule has 28 heavy (non-hydrogen) atoms. The molecular formula is C19H14N2O5S2. The number of nitro benzene ring substituents is 1. The molecule has 0 atom stereocenters. The zero-order chi connectivity index (χ0) is 20.1. The van der Waals surface area contributed by atoms with E-state index in [2.05, 4.69) is 4.72 Å². The number of carbonyl (C=O) groups is 1. The smallest absolute Gasteiger partial charge is 0.279 e. The van der Waals surface area contributed by atoms with Crippen molar-refractivity contribution in [1.82, 2.24) is 0 Å². The first-order valence-electron chi connectivity index (χ1n) is 7.98. The second-order valence-corrected chi connectivity index (χ2v) is 8.47. The maximum atomic E-state index is 12.4. The Balaban J connectivity index is 1.82. The van der Waals surface area contributed by atoms with E-state index in [1.54, 1.807) is 42.5 Å². The zero-order valence-electron chi connectivity index (χ0n) is 14.3. The zero-order valence-corrected chi connectivity index (χ0v) is 15.9. The molecule has 0 fully saturated rings. The minimum atomic E-state index is -3.71. The molecule has 0 aliphatic heterocycles. The van der Waals surface area contributed by atoms with Crippen LogP contribution in [0.15, 0.2) is 87.5 Å². The molecule has 0 aliphatic carbocycles. The summed E-state index contributed by atoms with van der Waals surface area (Å²) in [5.41, 5.74) is 0.103. The lowest BCUT2D eigenvalue weighted by Gasteiger charge is -2.09. The molecule has 0 unspecified atom stereocenters. The summed E-state index contributed by atoms with van der Waals surface area (Å²) in [5.74, 6) is 0. The number of rotatable bonds is 7. The van der Waals surface area contributed by atoms with Gasteiger partial charge in [-0.05, 0) is 42.5 Å². The van der Waals surface area contributed by atoms with Gasteiger partial charge in [-0.2, -0.15) is 0 Å². The Morgan fingerprint density at radius 2 is 1.64 bits per heavy atom. The molecule has 3 aromatic rings. The van der Waals surface area contributed by atoms with Gasteiger partial charge in [0.25, 0.3) is 15.7 Å². The highest BCUT2D eigenvalue weighted by Crippen LogP contribution is 2.32. The average molecular weight is 414 g/mol. The van der Waals surface area contributed by atoms with Gasteiger partial charge >= 0.3 is 0 Å². The van der Waals surface area contributed by atoms with Gasteiger partial charge in [-0.25, -0.2) is 8.42 Å². The van der Waals surface area contributed by atoms with Crippen LogP contribution in [0.4, 0.5) is 11.4 Å². The molecule has 3 aromatic carbocycles. The highest BCUT2D eigenvalue weighted by atomic mass is 32.2. The summed E-state index contributed by atoms with van der Waals surface area (Å²) in [6, 6.07) is 19.0. The summed E-state index contributed by atoms with van der Waals surface area (Å²) < 4.78 is 27.4. The van der Waals surface area contributed by atoms with Crippen LogP contribution in [0.25, 0.3) is 0 Å². The first kappa shape index (κ1) is 19.6. The fourth-order valence-electron chi connectivity index (χ4n) is 2.43. The van der Waals surface area contributed by atoms with E-state index >= 15 is 0 Å². The van der Waals surface area contributed by atoms with Crippen molar-refractivity contribution in [2.45, 2.75) is 14.7 Å². The molecule has 9 heteroatoms. The van der Waals surface area contributed by atoms with E-state index in [9.17, 15) is 23.3 Å². The molecule has 0 saturated heterocycles. The minimum absolute atomic E-state index is 0.0177. The molecule has 142 valence electrons.